The summed E-state index contributed by atoms with van der Waals surface area (Å²) >= 11 is 0. The minimum atomic E-state index is -0.753. The number of aliphatic carboxylic acids is 1. The molecule has 8 heteroatoms. The third kappa shape index (κ3) is 2.91. The number of ether oxygens (including phenoxy) is 1. The molecule has 1 aromatic heterocycles. The largest absolute Gasteiger partial charge is 0.480 e. The first kappa shape index (κ1) is 14.4. The van der Waals surface area contributed by atoms with Crippen LogP contribution in [0.25, 0.3) is 0 Å². The Bertz CT molecular complexity index is 480. The maximum absolute atomic E-state index is 11.2. The lowest BCUT2D eigenvalue weighted by Gasteiger charge is -2.42. The third-order valence-corrected chi connectivity index (χ3v) is 4.94. The van der Waals surface area contributed by atoms with Gasteiger partial charge < -0.3 is 15.2 Å². The second-order valence-corrected chi connectivity index (χ2v) is 6.05. The van der Waals surface area contributed by atoms with E-state index in [0.29, 0.717) is 30.0 Å². The summed E-state index contributed by atoms with van der Waals surface area (Å²) in [6, 6.07) is -0.420. The lowest BCUT2D eigenvalue weighted by Crippen LogP contribution is -2.50. The number of hydrogen-bond donors (Lipinski definition) is 3. The molecule has 0 aromatic carbocycles. The molecule has 0 spiro atoms. The highest BCUT2D eigenvalue weighted by Crippen LogP contribution is 2.43. The van der Waals surface area contributed by atoms with Crippen molar-refractivity contribution in [1.29, 1.82) is 0 Å². The number of H-pyrrole nitrogens is 1. The number of tetrazole rings is 1. The minimum absolute atomic E-state index is 0.164. The number of carbonyl (C=O) groups is 1. The first-order chi connectivity index (χ1) is 10.2. The van der Waals surface area contributed by atoms with Crippen molar-refractivity contribution in [2.75, 3.05) is 13.7 Å². The molecule has 2 heterocycles. The molecule has 0 bridgehead atoms. The topological polar surface area (TPSA) is 113 Å². The predicted octanol–water partition coefficient (Wildman–Crippen LogP) is 0.366. The molecule has 1 aromatic rings. The maximum Gasteiger partial charge on any atom is 0.320 e. The van der Waals surface area contributed by atoms with Crippen molar-refractivity contribution in [2.45, 2.75) is 37.8 Å². The number of carboxylic acids is 1. The number of nitrogens with zero attached hydrogens (tertiary/aromatic N) is 3. The summed E-state index contributed by atoms with van der Waals surface area (Å²) in [4.78, 5) is 11.2. The van der Waals surface area contributed by atoms with Gasteiger partial charge in [-0.2, -0.15) is 5.21 Å². The normalized spacial score (nSPS) is 34.1. The Hall–Kier alpha value is -1.54. The molecule has 1 saturated carbocycles. The summed E-state index contributed by atoms with van der Waals surface area (Å²) in [6.07, 6.45) is 3.63. The van der Waals surface area contributed by atoms with Crippen LogP contribution < -0.4 is 5.32 Å². The fraction of sp³-hybridized carbons (Fsp3) is 0.846. The van der Waals surface area contributed by atoms with Gasteiger partial charge >= 0.3 is 5.97 Å². The quantitative estimate of drug-likeness (QED) is 0.735. The van der Waals surface area contributed by atoms with Gasteiger partial charge in [-0.05, 0) is 50.0 Å². The van der Waals surface area contributed by atoms with Gasteiger partial charge in [-0.25, -0.2) is 0 Å². The van der Waals surface area contributed by atoms with Crippen LogP contribution in [0.15, 0.2) is 0 Å². The molecule has 2 fully saturated rings. The van der Waals surface area contributed by atoms with Gasteiger partial charge in [0.15, 0.2) is 0 Å². The molecule has 21 heavy (non-hydrogen) atoms. The van der Waals surface area contributed by atoms with E-state index in [9.17, 15) is 9.90 Å². The Balaban J connectivity index is 1.68. The van der Waals surface area contributed by atoms with Crippen molar-refractivity contribution in [3.8, 4) is 0 Å². The maximum atomic E-state index is 11.2. The first-order valence-electron chi connectivity index (χ1n) is 7.41. The summed E-state index contributed by atoms with van der Waals surface area (Å²) in [5.74, 6) is 1.15. The molecule has 1 aliphatic heterocycles. The third-order valence-electron chi connectivity index (χ3n) is 4.94. The molecule has 116 valence electrons. The highest BCUT2D eigenvalue weighted by atomic mass is 16.5. The standard InChI is InChI=1S/C13H21N5O3/c1-21-11(12-15-17-18-16-12)7-2-3-8-6-14-10(13(19)20)5-9(8)4-7/h7-11,14H,2-6H2,1H3,(H,19,20)(H,15,16,17,18). The average Bonchev–Trinajstić information content (AvgIpc) is 3.01. The Kier molecular flexibility index (Phi) is 4.16. The Labute approximate surface area is 122 Å². The smallest absolute Gasteiger partial charge is 0.320 e. The van der Waals surface area contributed by atoms with E-state index in [1.807, 2.05) is 0 Å². The van der Waals surface area contributed by atoms with E-state index < -0.39 is 12.0 Å². The predicted molar refractivity (Wildman–Crippen MR) is 72.3 cm³/mol. The second-order valence-electron chi connectivity index (χ2n) is 6.05. The molecule has 0 radical (unpaired) electrons. The number of fused-ring (bicyclic) bond motifs is 1. The highest BCUT2D eigenvalue weighted by Gasteiger charge is 2.40. The van der Waals surface area contributed by atoms with Crippen LogP contribution in [0.1, 0.15) is 37.6 Å². The summed E-state index contributed by atoms with van der Waals surface area (Å²) in [6.45, 7) is 0.800. The van der Waals surface area contributed by atoms with Crippen LogP contribution in [-0.4, -0.2) is 51.4 Å². The molecule has 1 aliphatic carbocycles. The summed E-state index contributed by atoms with van der Waals surface area (Å²) in [5, 5.41) is 26.4. The van der Waals surface area contributed by atoms with E-state index in [1.165, 1.54) is 0 Å². The number of nitrogens with one attached hydrogen (secondary N) is 2. The monoisotopic (exact) mass is 295 g/mol. The molecular weight excluding hydrogens is 274 g/mol. The van der Waals surface area contributed by atoms with E-state index in [-0.39, 0.29) is 6.10 Å². The van der Waals surface area contributed by atoms with Gasteiger partial charge in [0.1, 0.15) is 12.1 Å². The van der Waals surface area contributed by atoms with Crippen LogP contribution in [0, 0.1) is 17.8 Å². The van der Waals surface area contributed by atoms with E-state index >= 15 is 0 Å². The molecule has 5 atom stereocenters. The van der Waals surface area contributed by atoms with Crippen LogP contribution in [0.5, 0.6) is 0 Å². The molecule has 0 amide bonds. The first-order valence-corrected chi connectivity index (χ1v) is 7.41. The van der Waals surface area contributed by atoms with Gasteiger partial charge in [-0.15, -0.1) is 10.2 Å². The fourth-order valence-electron chi connectivity index (χ4n) is 3.86. The zero-order valence-electron chi connectivity index (χ0n) is 12.0. The number of rotatable bonds is 4. The Morgan fingerprint density at radius 2 is 2.24 bits per heavy atom. The fourth-order valence-corrected chi connectivity index (χ4v) is 3.86. The summed E-state index contributed by atoms with van der Waals surface area (Å²) < 4.78 is 5.57. The van der Waals surface area contributed by atoms with Crippen molar-refractivity contribution < 1.29 is 14.6 Å². The van der Waals surface area contributed by atoms with Crippen molar-refractivity contribution in [1.82, 2.24) is 25.9 Å². The van der Waals surface area contributed by atoms with Crippen molar-refractivity contribution in [2.24, 2.45) is 17.8 Å². The van der Waals surface area contributed by atoms with Crippen LogP contribution >= 0.6 is 0 Å². The molecule has 2 aliphatic rings. The average molecular weight is 295 g/mol. The summed E-state index contributed by atoms with van der Waals surface area (Å²) in [5.41, 5.74) is 0. The molecule has 3 N–H and O–H groups in total. The van der Waals surface area contributed by atoms with Gasteiger partial charge in [-0.3, -0.25) is 4.79 Å². The molecule has 8 nitrogen and oxygen atoms in total. The zero-order chi connectivity index (χ0) is 14.8. The van der Waals surface area contributed by atoms with Gasteiger partial charge in [0.2, 0.25) is 5.82 Å². The number of methoxy groups -OCH3 is 1. The van der Waals surface area contributed by atoms with E-state index in [2.05, 4.69) is 25.9 Å². The molecular formula is C13H21N5O3. The van der Waals surface area contributed by atoms with Crippen LogP contribution in [0.3, 0.4) is 0 Å². The number of hydrogen-bond acceptors (Lipinski definition) is 6. The number of piperidine rings is 1. The van der Waals surface area contributed by atoms with Crippen LogP contribution in [0.2, 0.25) is 0 Å². The van der Waals surface area contributed by atoms with Crippen molar-refractivity contribution in [3.63, 3.8) is 0 Å². The Morgan fingerprint density at radius 3 is 2.90 bits per heavy atom. The van der Waals surface area contributed by atoms with Crippen LogP contribution in [-0.2, 0) is 9.53 Å². The van der Waals surface area contributed by atoms with Crippen LogP contribution in [0.4, 0.5) is 0 Å². The minimum Gasteiger partial charge on any atom is -0.480 e. The van der Waals surface area contributed by atoms with Crippen molar-refractivity contribution >= 4 is 5.97 Å². The number of aromatic amines is 1. The van der Waals surface area contributed by atoms with Gasteiger partial charge in [-0.1, -0.05) is 5.21 Å². The van der Waals surface area contributed by atoms with Gasteiger partial charge in [0.05, 0.1) is 0 Å². The second kappa shape index (κ2) is 6.07. The van der Waals surface area contributed by atoms with Gasteiger partial charge in [0, 0.05) is 7.11 Å². The Morgan fingerprint density at radius 1 is 1.38 bits per heavy atom. The van der Waals surface area contributed by atoms with E-state index in [1.54, 1.807) is 7.11 Å². The lowest BCUT2D eigenvalue weighted by molar-refractivity contribution is -0.141. The number of aromatic nitrogens is 4. The SMILES string of the molecule is COC(c1nn[nH]n1)C1CCC2CNC(C(=O)O)CC2C1. The number of carboxylic acid groups (broad SMARTS) is 1. The zero-order valence-corrected chi connectivity index (χ0v) is 12.0. The molecule has 5 unspecified atom stereocenters. The lowest BCUT2D eigenvalue weighted by atomic mass is 9.68. The summed E-state index contributed by atoms with van der Waals surface area (Å²) in [7, 11) is 1.66. The molecule has 3 rings (SSSR count). The van der Waals surface area contributed by atoms with Crippen molar-refractivity contribution in [3.05, 3.63) is 5.82 Å². The van der Waals surface area contributed by atoms with Gasteiger partial charge in [0.25, 0.3) is 0 Å². The molecule has 1 saturated heterocycles. The van der Waals surface area contributed by atoms with E-state index in [0.717, 1.165) is 25.8 Å². The highest BCUT2D eigenvalue weighted by molar-refractivity contribution is 5.73. The van der Waals surface area contributed by atoms with E-state index in [4.69, 9.17) is 4.74 Å².